The van der Waals surface area contributed by atoms with Crippen molar-refractivity contribution in [3.8, 4) is 5.69 Å². The number of hydrogen-bond donors (Lipinski definition) is 0. The zero-order valence-corrected chi connectivity index (χ0v) is 18.1. The Balaban J connectivity index is 1.72. The minimum absolute atomic E-state index is 0.0165. The quantitative estimate of drug-likeness (QED) is 0.652. The molecule has 2 aromatic rings. The Morgan fingerprint density at radius 2 is 1.86 bits per heavy atom. The highest BCUT2D eigenvalue weighted by molar-refractivity contribution is 6.27. The van der Waals surface area contributed by atoms with Gasteiger partial charge in [0.05, 0.1) is 17.9 Å². The van der Waals surface area contributed by atoms with E-state index in [1.807, 2.05) is 23.1 Å². The summed E-state index contributed by atoms with van der Waals surface area (Å²) in [4.78, 5) is 19.4. The average molecular weight is 416 g/mol. The number of aryl methyl sites for hydroxylation is 1. The molecule has 0 unspecified atom stereocenters. The summed E-state index contributed by atoms with van der Waals surface area (Å²) >= 11 is 5.92. The number of amides is 1. The molecule has 0 N–H and O–H groups in total. The second-order valence-corrected chi connectivity index (χ2v) is 8.21. The Morgan fingerprint density at radius 3 is 2.45 bits per heavy atom. The molecule has 0 radical (unpaired) electrons. The van der Waals surface area contributed by atoms with Crippen molar-refractivity contribution in [1.82, 2.24) is 19.6 Å². The van der Waals surface area contributed by atoms with Crippen LogP contribution in [-0.4, -0.2) is 70.1 Å². The smallest absolute Gasteiger partial charge is 0.238 e. The predicted molar refractivity (Wildman–Crippen MR) is 117 cm³/mol. The molecule has 1 aromatic heterocycles. The Morgan fingerprint density at radius 1 is 1.17 bits per heavy atom. The summed E-state index contributed by atoms with van der Waals surface area (Å²) in [5, 5.41) is 4.90. The van der Waals surface area contributed by atoms with Crippen LogP contribution < -0.4 is 4.90 Å². The lowest BCUT2D eigenvalue weighted by Crippen LogP contribution is -2.47. The maximum atomic E-state index is 12.5. The van der Waals surface area contributed by atoms with Crippen molar-refractivity contribution in [3.63, 3.8) is 0 Å². The van der Waals surface area contributed by atoms with Crippen LogP contribution in [0.1, 0.15) is 31.0 Å². The number of carbonyl (C=O) groups is 1. The van der Waals surface area contributed by atoms with Gasteiger partial charge in [0, 0.05) is 37.8 Å². The molecular weight excluding hydrogens is 386 g/mol. The standard InChI is InChI=1S/C22H30ClN5O/c1-3-25-11-13-26(14-12-25)22-20(16-27(18-9-10-18)21(29)15-23)17(2)24-28(22)19-7-5-4-6-8-19/h4-8,18H,3,9-16H2,1-2H3. The molecule has 156 valence electrons. The number of aromatic nitrogens is 2. The minimum atomic E-state index is 0.0165. The molecule has 7 heteroatoms. The van der Waals surface area contributed by atoms with Crippen LogP contribution in [0.4, 0.5) is 5.82 Å². The number of likely N-dealkylation sites (N-methyl/N-ethyl adjacent to an activating group) is 1. The molecule has 2 fully saturated rings. The topological polar surface area (TPSA) is 44.6 Å². The Bertz CT molecular complexity index is 840. The molecule has 1 aliphatic heterocycles. The first-order chi connectivity index (χ1) is 14.1. The van der Waals surface area contributed by atoms with E-state index in [1.165, 1.54) is 0 Å². The van der Waals surface area contributed by atoms with Crippen LogP contribution in [0.15, 0.2) is 30.3 Å². The van der Waals surface area contributed by atoms with Crippen LogP contribution >= 0.6 is 11.6 Å². The van der Waals surface area contributed by atoms with Gasteiger partial charge in [-0.05, 0) is 38.4 Å². The van der Waals surface area contributed by atoms with E-state index in [1.54, 1.807) is 0 Å². The monoisotopic (exact) mass is 415 g/mol. The van der Waals surface area contributed by atoms with Crippen LogP contribution in [-0.2, 0) is 11.3 Å². The summed E-state index contributed by atoms with van der Waals surface area (Å²) in [5.74, 6) is 1.17. The van der Waals surface area contributed by atoms with E-state index in [0.29, 0.717) is 12.6 Å². The number of anilines is 1. The predicted octanol–water partition coefficient (Wildman–Crippen LogP) is 3.05. The van der Waals surface area contributed by atoms with Gasteiger partial charge in [0.1, 0.15) is 11.7 Å². The number of benzene rings is 1. The Labute approximate surface area is 178 Å². The maximum absolute atomic E-state index is 12.5. The first-order valence-corrected chi connectivity index (χ1v) is 11.1. The summed E-state index contributed by atoms with van der Waals surface area (Å²) < 4.78 is 2.06. The van der Waals surface area contributed by atoms with Gasteiger partial charge in [0.25, 0.3) is 0 Å². The fourth-order valence-electron chi connectivity index (χ4n) is 4.14. The van der Waals surface area contributed by atoms with Gasteiger partial charge in [-0.2, -0.15) is 5.10 Å². The number of alkyl halides is 1. The van der Waals surface area contributed by atoms with E-state index in [0.717, 1.165) is 68.3 Å². The highest BCUT2D eigenvalue weighted by Crippen LogP contribution is 2.34. The molecule has 0 spiro atoms. The van der Waals surface area contributed by atoms with Gasteiger partial charge >= 0.3 is 0 Å². The molecule has 2 heterocycles. The molecule has 6 nitrogen and oxygen atoms in total. The third-order valence-electron chi connectivity index (χ3n) is 6.03. The van der Waals surface area contributed by atoms with Gasteiger partial charge in [0.15, 0.2) is 0 Å². The van der Waals surface area contributed by atoms with Crippen molar-refractivity contribution in [2.45, 2.75) is 39.3 Å². The van der Waals surface area contributed by atoms with Gasteiger partial charge in [-0.15, -0.1) is 11.6 Å². The third kappa shape index (κ3) is 4.28. The Hall–Kier alpha value is -2.05. The summed E-state index contributed by atoms with van der Waals surface area (Å²) in [7, 11) is 0. The number of carbonyl (C=O) groups excluding carboxylic acids is 1. The molecule has 1 saturated heterocycles. The first-order valence-electron chi connectivity index (χ1n) is 10.6. The largest absolute Gasteiger partial charge is 0.354 e. The van der Waals surface area contributed by atoms with Crippen LogP contribution in [0.2, 0.25) is 0 Å². The second-order valence-electron chi connectivity index (χ2n) is 7.94. The number of piperazine rings is 1. The number of rotatable bonds is 7. The van der Waals surface area contributed by atoms with Gasteiger partial charge < -0.3 is 14.7 Å². The third-order valence-corrected chi connectivity index (χ3v) is 6.26. The molecule has 1 amide bonds. The van der Waals surface area contributed by atoms with Crippen LogP contribution in [0, 0.1) is 6.92 Å². The zero-order valence-electron chi connectivity index (χ0n) is 17.4. The van der Waals surface area contributed by atoms with E-state index in [2.05, 4.69) is 40.5 Å². The maximum Gasteiger partial charge on any atom is 0.238 e. The van der Waals surface area contributed by atoms with Gasteiger partial charge in [-0.3, -0.25) is 4.79 Å². The zero-order chi connectivity index (χ0) is 20.4. The number of nitrogens with zero attached hydrogens (tertiary/aromatic N) is 5. The highest BCUT2D eigenvalue weighted by atomic mass is 35.5. The minimum Gasteiger partial charge on any atom is -0.354 e. The normalized spacial score (nSPS) is 17.6. The molecule has 0 atom stereocenters. The lowest BCUT2D eigenvalue weighted by atomic mass is 10.2. The summed E-state index contributed by atoms with van der Waals surface area (Å²) in [5.41, 5.74) is 3.18. The van der Waals surface area contributed by atoms with Gasteiger partial charge in [-0.25, -0.2) is 4.68 Å². The lowest BCUT2D eigenvalue weighted by molar-refractivity contribution is -0.129. The summed E-state index contributed by atoms with van der Waals surface area (Å²) in [6, 6.07) is 10.6. The van der Waals surface area contributed by atoms with Crippen molar-refractivity contribution >= 4 is 23.3 Å². The molecule has 2 aliphatic rings. The molecule has 1 saturated carbocycles. The SMILES string of the molecule is CCN1CCN(c2c(CN(C(=O)CCl)C3CC3)c(C)nn2-c2ccccc2)CC1. The Kier molecular flexibility index (Phi) is 6.11. The summed E-state index contributed by atoms with van der Waals surface area (Å²) in [6.45, 7) is 9.94. The molecular formula is C22H30ClN5O. The van der Waals surface area contributed by atoms with Crippen molar-refractivity contribution in [2.24, 2.45) is 0 Å². The first kappa shape index (κ1) is 20.2. The van der Waals surface area contributed by atoms with E-state index < -0.39 is 0 Å². The van der Waals surface area contributed by atoms with E-state index in [4.69, 9.17) is 16.7 Å². The fraction of sp³-hybridized carbons (Fsp3) is 0.545. The molecule has 29 heavy (non-hydrogen) atoms. The fourth-order valence-corrected chi connectivity index (χ4v) is 4.29. The van der Waals surface area contributed by atoms with E-state index >= 15 is 0 Å². The van der Waals surface area contributed by atoms with E-state index in [-0.39, 0.29) is 11.8 Å². The molecule has 4 rings (SSSR count). The average Bonchev–Trinajstić information content (AvgIpc) is 3.55. The summed E-state index contributed by atoms with van der Waals surface area (Å²) in [6.07, 6.45) is 2.14. The van der Waals surface area contributed by atoms with Crippen LogP contribution in [0.25, 0.3) is 5.69 Å². The van der Waals surface area contributed by atoms with Crippen molar-refractivity contribution < 1.29 is 4.79 Å². The number of hydrogen-bond acceptors (Lipinski definition) is 4. The number of para-hydroxylation sites is 1. The van der Waals surface area contributed by atoms with Crippen molar-refractivity contribution in [2.75, 3.05) is 43.5 Å². The highest BCUT2D eigenvalue weighted by Gasteiger charge is 2.34. The van der Waals surface area contributed by atoms with Crippen LogP contribution in [0.3, 0.4) is 0 Å². The van der Waals surface area contributed by atoms with E-state index in [9.17, 15) is 4.79 Å². The molecule has 1 aliphatic carbocycles. The van der Waals surface area contributed by atoms with Crippen molar-refractivity contribution in [3.05, 3.63) is 41.6 Å². The molecule has 0 bridgehead atoms. The molecule has 1 aromatic carbocycles. The van der Waals surface area contributed by atoms with Crippen molar-refractivity contribution in [1.29, 1.82) is 0 Å². The second kappa shape index (κ2) is 8.76. The number of halogens is 1. The lowest BCUT2D eigenvalue weighted by Gasteiger charge is -2.36. The van der Waals surface area contributed by atoms with Gasteiger partial charge in [0.2, 0.25) is 5.91 Å². The van der Waals surface area contributed by atoms with Crippen LogP contribution in [0.5, 0.6) is 0 Å². The van der Waals surface area contributed by atoms with Gasteiger partial charge in [-0.1, -0.05) is 25.1 Å².